The summed E-state index contributed by atoms with van der Waals surface area (Å²) < 4.78 is 26.7. The molecule has 2 N–H and O–H groups in total. The zero-order valence-electron chi connectivity index (χ0n) is 11.0. The van der Waals surface area contributed by atoms with Crippen LogP contribution < -0.4 is 5.32 Å². The van der Waals surface area contributed by atoms with Crippen molar-refractivity contribution < 1.29 is 13.9 Å². The van der Waals surface area contributed by atoms with Gasteiger partial charge in [-0.2, -0.15) is 0 Å². The van der Waals surface area contributed by atoms with Gasteiger partial charge in [-0.25, -0.2) is 8.78 Å². The highest BCUT2D eigenvalue weighted by molar-refractivity contribution is 5.37. The molecular weight excluding hydrogens is 248 g/mol. The molecule has 0 radical (unpaired) electrons. The fourth-order valence-corrected chi connectivity index (χ4v) is 3.28. The highest BCUT2D eigenvalue weighted by atomic mass is 19.3. The lowest BCUT2D eigenvalue weighted by Crippen LogP contribution is -2.43. The van der Waals surface area contributed by atoms with Gasteiger partial charge < -0.3 is 10.4 Å². The molecule has 1 fully saturated rings. The van der Waals surface area contributed by atoms with Crippen molar-refractivity contribution >= 4 is 0 Å². The minimum Gasteiger partial charge on any atom is -0.385 e. The Morgan fingerprint density at radius 1 is 1.32 bits per heavy atom. The number of fused-ring (bicyclic) bond motifs is 1. The minimum atomic E-state index is -2.94. The topological polar surface area (TPSA) is 32.3 Å². The van der Waals surface area contributed by atoms with Gasteiger partial charge in [-0.1, -0.05) is 23.8 Å². The molecule has 0 aliphatic heterocycles. The lowest BCUT2D eigenvalue weighted by Gasteiger charge is -2.24. The molecule has 1 unspecified atom stereocenters. The van der Waals surface area contributed by atoms with Crippen LogP contribution in [0.3, 0.4) is 0 Å². The van der Waals surface area contributed by atoms with Crippen molar-refractivity contribution in [3.63, 3.8) is 0 Å². The quantitative estimate of drug-likeness (QED) is 0.863. The lowest BCUT2D eigenvalue weighted by atomic mass is 10.0. The number of benzene rings is 1. The van der Waals surface area contributed by atoms with Gasteiger partial charge in [-0.15, -0.1) is 0 Å². The highest BCUT2D eigenvalue weighted by Crippen LogP contribution is 2.38. The molecule has 2 aliphatic rings. The number of aryl methyl sites for hydroxylation is 2. The number of hydrogen-bond donors (Lipinski definition) is 2. The van der Waals surface area contributed by atoms with Crippen LogP contribution in [0.15, 0.2) is 18.2 Å². The average Bonchev–Trinajstić information content (AvgIpc) is 2.86. The van der Waals surface area contributed by atoms with Crippen molar-refractivity contribution in [2.45, 2.75) is 56.7 Å². The number of nitrogens with one attached hydrogen (secondary N) is 1. The van der Waals surface area contributed by atoms with Gasteiger partial charge >= 0.3 is 0 Å². The molecule has 0 aromatic heterocycles. The van der Waals surface area contributed by atoms with E-state index in [-0.39, 0.29) is 12.5 Å². The van der Waals surface area contributed by atoms with Crippen LogP contribution in [0, 0.1) is 6.92 Å². The first-order valence-electron chi connectivity index (χ1n) is 6.89. The molecule has 4 heteroatoms. The monoisotopic (exact) mass is 267 g/mol. The maximum absolute atomic E-state index is 13.3. The molecule has 2 nitrogen and oxygen atoms in total. The molecule has 19 heavy (non-hydrogen) atoms. The Bertz CT molecular complexity index is 489. The van der Waals surface area contributed by atoms with Crippen LogP contribution in [-0.2, 0) is 6.42 Å². The summed E-state index contributed by atoms with van der Waals surface area (Å²) in [6.07, 6.45) is 0.465. The van der Waals surface area contributed by atoms with Gasteiger partial charge in [-0.3, -0.25) is 0 Å². The van der Waals surface area contributed by atoms with Gasteiger partial charge in [0.1, 0.15) is 6.10 Å². The molecule has 1 aromatic rings. The molecule has 0 spiro atoms. The first-order valence-corrected chi connectivity index (χ1v) is 6.89. The summed E-state index contributed by atoms with van der Waals surface area (Å²) in [6, 6.07) is 5.93. The molecule has 0 heterocycles. The van der Waals surface area contributed by atoms with Crippen molar-refractivity contribution in [1.82, 2.24) is 5.32 Å². The third kappa shape index (κ3) is 2.28. The Kier molecular flexibility index (Phi) is 3.10. The van der Waals surface area contributed by atoms with E-state index in [0.717, 1.165) is 12.8 Å². The van der Waals surface area contributed by atoms with E-state index in [1.54, 1.807) is 0 Å². The summed E-state index contributed by atoms with van der Waals surface area (Å²) in [4.78, 5) is 0. The SMILES string of the molecule is Cc1ccc2c(c1)C(N[C@@H]1CCC(F)(F)[C@H]1O)CC2. The Morgan fingerprint density at radius 3 is 2.79 bits per heavy atom. The maximum atomic E-state index is 13.3. The van der Waals surface area contributed by atoms with Crippen LogP contribution in [0.1, 0.15) is 42.0 Å². The number of hydrogen-bond acceptors (Lipinski definition) is 2. The second kappa shape index (κ2) is 4.53. The normalized spacial score (nSPS) is 32.5. The van der Waals surface area contributed by atoms with E-state index in [4.69, 9.17) is 0 Å². The Morgan fingerprint density at radius 2 is 2.11 bits per heavy atom. The molecular formula is C15H19F2NO. The van der Waals surface area contributed by atoms with Gasteiger partial charge in [-0.05, 0) is 37.3 Å². The number of rotatable bonds is 2. The van der Waals surface area contributed by atoms with Gasteiger partial charge in [0.2, 0.25) is 0 Å². The molecule has 0 bridgehead atoms. The van der Waals surface area contributed by atoms with Crippen LogP contribution >= 0.6 is 0 Å². The number of aliphatic hydroxyl groups is 1. The Balaban J connectivity index is 1.75. The predicted octanol–water partition coefficient (Wildman–Crippen LogP) is 2.73. The molecule has 0 amide bonds. The molecule has 1 aromatic carbocycles. The number of alkyl halides is 2. The van der Waals surface area contributed by atoms with E-state index in [2.05, 4.69) is 23.5 Å². The molecule has 3 rings (SSSR count). The zero-order valence-corrected chi connectivity index (χ0v) is 11.0. The first kappa shape index (κ1) is 13.0. The van der Waals surface area contributed by atoms with E-state index in [0.29, 0.717) is 6.42 Å². The van der Waals surface area contributed by atoms with Gasteiger partial charge in [0.15, 0.2) is 0 Å². The fourth-order valence-electron chi connectivity index (χ4n) is 3.28. The molecule has 1 saturated carbocycles. The second-order valence-electron chi connectivity index (χ2n) is 5.81. The fraction of sp³-hybridized carbons (Fsp3) is 0.600. The summed E-state index contributed by atoms with van der Waals surface area (Å²) >= 11 is 0. The summed E-state index contributed by atoms with van der Waals surface area (Å²) in [6.45, 7) is 2.04. The molecule has 2 aliphatic carbocycles. The van der Waals surface area contributed by atoms with Crippen LogP contribution in [0.2, 0.25) is 0 Å². The van der Waals surface area contributed by atoms with E-state index in [1.165, 1.54) is 16.7 Å². The molecule has 104 valence electrons. The maximum Gasteiger partial charge on any atom is 0.275 e. The van der Waals surface area contributed by atoms with Crippen molar-refractivity contribution in [2.24, 2.45) is 0 Å². The summed E-state index contributed by atoms with van der Waals surface area (Å²) in [5.41, 5.74) is 3.69. The summed E-state index contributed by atoms with van der Waals surface area (Å²) in [5, 5.41) is 12.9. The smallest absolute Gasteiger partial charge is 0.275 e. The summed E-state index contributed by atoms with van der Waals surface area (Å²) in [5.74, 6) is -2.94. The molecule has 0 saturated heterocycles. The van der Waals surface area contributed by atoms with E-state index in [1.807, 2.05) is 6.92 Å². The van der Waals surface area contributed by atoms with Crippen molar-refractivity contribution in [3.8, 4) is 0 Å². The standard InChI is InChI=1S/C15H19F2NO/c1-9-2-3-10-4-5-12(11(10)8-9)18-13-6-7-15(16,17)14(13)19/h2-3,8,12-14,18-19H,4-7H2,1H3/t12?,13-,14+/m1/s1. The minimum absolute atomic E-state index is 0.100. The Labute approximate surface area is 111 Å². The first-order chi connectivity index (χ1) is 8.97. The highest BCUT2D eigenvalue weighted by Gasteiger charge is 2.49. The number of aliphatic hydroxyl groups excluding tert-OH is 1. The lowest BCUT2D eigenvalue weighted by molar-refractivity contribution is -0.0928. The third-order valence-electron chi connectivity index (χ3n) is 4.40. The van der Waals surface area contributed by atoms with Gasteiger partial charge in [0.05, 0.1) is 0 Å². The van der Waals surface area contributed by atoms with Crippen LogP contribution in [0.5, 0.6) is 0 Å². The van der Waals surface area contributed by atoms with Crippen LogP contribution in [0.4, 0.5) is 8.78 Å². The van der Waals surface area contributed by atoms with Crippen LogP contribution in [0.25, 0.3) is 0 Å². The Hall–Kier alpha value is -1.00. The van der Waals surface area contributed by atoms with E-state index in [9.17, 15) is 13.9 Å². The second-order valence-corrected chi connectivity index (χ2v) is 5.81. The van der Waals surface area contributed by atoms with Crippen molar-refractivity contribution in [2.75, 3.05) is 0 Å². The van der Waals surface area contributed by atoms with Gasteiger partial charge in [0, 0.05) is 18.5 Å². The zero-order chi connectivity index (χ0) is 13.6. The molecule has 3 atom stereocenters. The van der Waals surface area contributed by atoms with Crippen LogP contribution in [-0.4, -0.2) is 23.2 Å². The van der Waals surface area contributed by atoms with E-state index < -0.39 is 18.1 Å². The third-order valence-corrected chi connectivity index (χ3v) is 4.40. The average molecular weight is 267 g/mol. The van der Waals surface area contributed by atoms with Crippen molar-refractivity contribution in [3.05, 3.63) is 34.9 Å². The van der Waals surface area contributed by atoms with Crippen molar-refractivity contribution in [1.29, 1.82) is 0 Å². The largest absolute Gasteiger partial charge is 0.385 e. The number of halogens is 2. The van der Waals surface area contributed by atoms with E-state index >= 15 is 0 Å². The van der Waals surface area contributed by atoms with Gasteiger partial charge in [0.25, 0.3) is 5.92 Å². The predicted molar refractivity (Wildman–Crippen MR) is 69.4 cm³/mol. The summed E-state index contributed by atoms with van der Waals surface area (Å²) in [7, 11) is 0.